The largest absolute Gasteiger partial charge is 0.460 e. The van der Waals surface area contributed by atoms with Crippen molar-refractivity contribution in [1.29, 1.82) is 0 Å². The van der Waals surface area contributed by atoms with E-state index in [1.807, 2.05) is 54.6 Å². The summed E-state index contributed by atoms with van der Waals surface area (Å²) in [6.07, 6.45) is -0.572. The van der Waals surface area contributed by atoms with Crippen molar-refractivity contribution in [3.8, 4) is 11.1 Å². The first-order valence-electron chi connectivity index (χ1n) is 11.2. The molecule has 0 saturated carbocycles. The first-order chi connectivity index (χ1) is 15.2. The molecule has 1 unspecified atom stereocenters. The molecular formula is C27H35NO5. The Labute approximate surface area is 196 Å². The summed E-state index contributed by atoms with van der Waals surface area (Å²) in [5.41, 5.74) is 1.58. The van der Waals surface area contributed by atoms with Gasteiger partial charge in [-0.05, 0) is 64.7 Å². The third-order valence-electron chi connectivity index (χ3n) is 4.86. The molecule has 0 aliphatic heterocycles. The molecule has 2 amide bonds. The van der Waals surface area contributed by atoms with Crippen LogP contribution in [-0.4, -0.2) is 29.2 Å². The molecule has 2 aromatic carbocycles. The average molecular weight is 454 g/mol. The molecule has 0 aromatic heterocycles. The molecule has 0 heterocycles. The van der Waals surface area contributed by atoms with E-state index in [2.05, 4.69) is 5.32 Å². The van der Waals surface area contributed by atoms with Crippen LogP contribution in [0.1, 0.15) is 54.0 Å². The van der Waals surface area contributed by atoms with Crippen LogP contribution in [0.25, 0.3) is 11.1 Å². The minimum Gasteiger partial charge on any atom is -0.460 e. The summed E-state index contributed by atoms with van der Waals surface area (Å²) in [6.45, 7) is 12.1. The molecule has 0 aliphatic rings. The van der Waals surface area contributed by atoms with Crippen LogP contribution in [-0.2, 0) is 25.5 Å². The maximum absolute atomic E-state index is 13.0. The van der Waals surface area contributed by atoms with Gasteiger partial charge in [-0.2, -0.15) is 0 Å². The van der Waals surface area contributed by atoms with Crippen molar-refractivity contribution >= 4 is 18.0 Å². The highest BCUT2D eigenvalue weighted by Gasteiger charge is 2.35. The predicted octanol–water partition coefficient (Wildman–Crippen LogP) is 5.54. The Bertz CT molecular complexity index is 953. The van der Waals surface area contributed by atoms with Crippen LogP contribution in [0.4, 0.5) is 4.79 Å². The Morgan fingerprint density at radius 2 is 1.30 bits per heavy atom. The Morgan fingerprint density at radius 3 is 1.82 bits per heavy atom. The SMILES string of the molecule is C[C@@H](C(=O)OC(C)(C)C)C(Cc1ccc(-c2ccccc2)cc1)C(=O)NC(=O)OC(C)(C)C. The number of hydrogen-bond donors (Lipinski definition) is 1. The van der Waals surface area contributed by atoms with Crippen LogP contribution >= 0.6 is 0 Å². The van der Waals surface area contributed by atoms with Crippen LogP contribution in [0.2, 0.25) is 0 Å². The lowest BCUT2D eigenvalue weighted by molar-refractivity contribution is -0.163. The van der Waals surface area contributed by atoms with Gasteiger partial charge in [0.2, 0.25) is 5.91 Å². The van der Waals surface area contributed by atoms with Crippen molar-refractivity contribution < 1.29 is 23.9 Å². The molecule has 0 spiro atoms. The molecule has 1 N–H and O–H groups in total. The van der Waals surface area contributed by atoms with E-state index in [9.17, 15) is 14.4 Å². The first-order valence-corrected chi connectivity index (χ1v) is 11.2. The van der Waals surface area contributed by atoms with E-state index in [1.54, 1.807) is 48.5 Å². The average Bonchev–Trinajstić information content (AvgIpc) is 2.69. The van der Waals surface area contributed by atoms with Gasteiger partial charge in [-0.25, -0.2) is 4.79 Å². The number of imide groups is 1. The van der Waals surface area contributed by atoms with E-state index >= 15 is 0 Å². The summed E-state index contributed by atoms with van der Waals surface area (Å²) in [4.78, 5) is 37.9. The van der Waals surface area contributed by atoms with Crippen LogP contribution in [0.3, 0.4) is 0 Å². The van der Waals surface area contributed by atoms with Gasteiger partial charge in [-0.15, -0.1) is 0 Å². The minimum atomic E-state index is -0.840. The zero-order valence-electron chi connectivity index (χ0n) is 20.6. The highest BCUT2D eigenvalue weighted by atomic mass is 16.6. The molecular weight excluding hydrogens is 418 g/mol. The molecule has 33 heavy (non-hydrogen) atoms. The van der Waals surface area contributed by atoms with Crippen LogP contribution in [0.15, 0.2) is 54.6 Å². The van der Waals surface area contributed by atoms with E-state index in [4.69, 9.17) is 9.47 Å². The van der Waals surface area contributed by atoms with Crippen molar-refractivity contribution in [2.45, 2.75) is 66.1 Å². The molecule has 0 aliphatic carbocycles. The number of esters is 1. The third kappa shape index (κ3) is 8.72. The number of benzene rings is 2. The summed E-state index contributed by atoms with van der Waals surface area (Å²) >= 11 is 0. The van der Waals surface area contributed by atoms with Gasteiger partial charge in [-0.3, -0.25) is 14.9 Å². The number of carbonyl (C=O) groups is 3. The van der Waals surface area contributed by atoms with Crippen molar-refractivity contribution in [2.75, 3.05) is 0 Å². The summed E-state index contributed by atoms with van der Waals surface area (Å²) in [7, 11) is 0. The fourth-order valence-electron chi connectivity index (χ4n) is 3.27. The standard InChI is InChI=1S/C27H35NO5/c1-18(24(30)32-26(2,3)4)22(23(29)28-25(31)33-27(5,6)7)17-19-13-15-21(16-14-19)20-11-9-8-10-12-20/h8-16,18,22H,17H2,1-7H3,(H,28,29,31)/t18-,22?/m1/s1. The van der Waals surface area contributed by atoms with E-state index in [1.165, 1.54) is 0 Å². The summed E-state index contributed by atoms with van der Waals surface area (Å²) < 4.78 is 10.7. The molecule has 6 heteroatoms. The highest BCUT2D eigenvalue weighted by Crippen LogP contribution is 2.25. The summed E-state index contributed by atoms with van der Waals surface area (Å²) in [5, 5.41) is 2.28. The fourth-order valence-corrected chi connectivity index (χ4v) is 3.27. The van der Waals surface area contributed by atoms with Gasteiger partial charge in [0.25, 0.3) is 0 Å². The monoisotopic (exact) mass is 453 g/mol. The second kappa shape index (κ2) is 10.6. The molecule has 6 nitrogen and oxygen atoms in total. The highest BCUT2D eigenvalue weighted by molar-refractivity contribution is 5.95. The quantitative estimate of drug-likeness (QED) is 0.581. The van der Waals surface area contributed by atoms with Gasteiger partial charge in [0.05, 0.1) is 11.8 Å². The topological polar surface area (TPSA) is 81.7 Å². The fraction of sp³-hybridized carbons (Fsp3) is 0.444. The van der Waals surface area contributed by atoms with Crippen LogP contribution in [0.5, 0.6) is 0 Å². The van der Waals surface area contributed by atoms with E-state index in [0.717, 1.165) is 16.7 Å². The number of carbonyl (C=O) groups excluding carboxylic acids is 3. The van der Waals surface area contributed by atoms with E-state index in [0.29, 0.717) is 0 Å². The number of ether oxygens (including phenoxy) is 2. The van der Waals surface area contributed by atoms with Crippen LogP contribution in [0, 0.1) is 11.8 Å². The third-order valence-corrected chi connectivity index (χ3v) is 4.86. The predicted molar refractivity (Wildman–Crippen MR) is 128 cm³/mol. The van der Waals surface area contributed by atoms with Crippen molar-refractivity contribution in [3.05, 3.63) is 60.2 Å². The van der Waals surface area contributed by atoms with Gasteiger partial charge < -0.3 is 9.47 Å². The molecule has 2 rings (SSSR count). The van der Waals surface area contributed by atoms with Gasteiger partial charge in [0, 0.05) is 0 Å². The number of rotatable bonds is 6. The lowest BCUT2D eigenvalue weighted by Gasteiger charge is -2.27. The Morgan fingerprint density at radius 1 is 0.788 bits per heavy atom. The van der Waals surface area contributed by atoms with Gasteiger partial charge in [0.1, 0.15) is 11.2 Å². The minimum absolute atomic E-state index is 0.268. The maximum atomic E-state index is 13.0. The van der Waals surface area contributed by atoms with Gasteiger partial charge >= 0.3 is 12.1 Å². The number of nitrogens with one attached hydrogen (secondary N) is 1. The summed E-state index contributed by atoms with van der Waals surface area (Å²) in [5.74, 6) is -2.64. The van der Waals surface area contributed by atoms with E-state index < -0.39 is 41.0 Å². The Kier molecular flexibility index (Phi) is 8.42. The van der Waals surface area contributed by atoms with Crippen LogP contribution < -0.4 is 5.32 Å². The Balaban J connectivity index is 2.23. The second-order valence-electron chi connectivity index (χ2n) is 10.2. The first kappa shape index (κ1) is 26.1. The molecule has 2 atom stereocenters. The molecule has 0 fully saturated rings. The number of alkyl carbamates (subject to hydrolysis) is 1. The molecule has 178 valence electrons. The summed E-state index contributed by atoms with van der Waals surface area (Å²) in [6, 6.07) is 17.8. The van der Waals surface area contributed by atoms with E-state index in [-0.39, 0.29) is 6.42 Å². The Hall–Kier alpha value is -3.15. The zero-order chi connectivity index (χ0) is 24.8. The molecule has 2 aromatic rings. The lowest BCUT2D eigenvalue weighted by atomic mass is 9.86. The van der Waals surface area contributed by atoms with Crippen molar-refractivity contribution in [2.24, 2.45) is 11.8 Å². The smallest absolute Gasteiger partial charge is 0.414 e. The molecule has 0 radical (unpaired) electrons. The lowest BCUT2D eigenvalue weighted by Crippen LogP contribution is -2.44. The van der Waals surface area contributed by atoms with Crippen molar-refractivity contribution in [3.63, 3.8) is 0 Å². The zero-order valence-corrected chi connectivity index (χ0v) is 20.6. The number of amides is 2. The number of hydrogen-bond acceptors (Lipinski definition) is 5. The molecule has 0 bridgehead atoms. The second-order valence-corrected chi connectivity index (χ2v) is 10.2. The van der Waals surface area contributed by atoms with Crippen molar-refractivity contribution in [1.82, 2.24) is 5.32 Å². The van der Waals surface area contributed by atoms with Gasteiger partial charge in [0.15, 0.2) is 0 Å². The molecule has 0 saturated heterocycles. The normalized spacial score (nSPS) is 13.5. The van der Waals surface area contributed by atoms with Gasteiger partial charge in [-0.1, -0.05) is 61.5 Å². The maximum Gasteiger partial charge on any atom is 0.414 e.